The summed E-state index contributed by atoms with van der Waals surface area (Å²) in [5.74, 6) is 1.14. The molecule has 0 N–H and O–H groups in total. The summed E-state index contributed by atoms with van der Waals surface area (Å²) in [5, 5.41) is 0.610. The molecule has 21 heavy (non-hydrogen) atoms. The number of hydrogen-bond donors (Lipinski definition) is 0. The molecule has 4 heteroatoms. The van der Waals surface area contributed by atoms with E-state index in [2.05, 4.69) is 0 Å². The lowest BCUT2D eigenvalue weighted by molar-refractivity contribution is 0.278. The van der Waals surface area contributed by atoms with Crippen molar-refractivity contribution >= 4 is 10.9 Å². The zero-order valence-corrected chi connectivity index (χ0v) is 12.0. The van der Waals surface area contributed by atoms with Gasteiger partial charge in [0.1, 0.15) is 12.4 Å². The van der Waals surface area contributed by atoms with Crippen LogP contribution in [0.4, 0.5) is 4.39 Å². The van der Waals surface area contributed by atoms with Gasteiger partial charge in [0.2, 0.25) is 0 Å². The lowest BCUT2D eigenvalue weighted by atomic mass is 10.2. The standard InChI is InChI=1S/C17H16FNO2/c1-19-12(10-13-14(18)6-5-7-15(13)19)11-21-17-9-4-3-8-16(17)20-2/h3-10H,11H2,1-2H3. The maximum Gasteiger partial charge on any atom is 0.161 e. The fourth-order valence-electron chi connectivity index (χ4n) is 2.41. The first-order chi connectivity index (χ1) is 10.2. The van der Waals surface area contributed by atoms with Gasteiger partial charge in [-0.3, -0.25) is 0 Å². The highest BCUT2D eigenvalue weighted by Gasteiger charge is 2.10. The van der Waals surface area contributed by atoms with Gasteiger partial charge in [-0.05, 0) is 30.3 Å². The molecule has 0 fully saturated rings. The average molecular weight is 285 g/mol. The highest BCUT2D eigenvalue weighted by Crippen LogP contribution is 2.28. The van der Waals surface area contributed by atoms with E-state index in [1.54, 1.807) is 13.2 Å². The van der Waals surface area contributed by atoms with Crippen molar-refractivity contribution in [3.63, 3.8) is 0 Å². The molecule has 0 bridgehead atoms. The van der Waals surface area contributed by atoms with E-state index in [-0.39, 0.29) is 5.82 Å². The van der Waals surface area contributed by atoms with Crippen LogP contribution in [0.25, 0.3) is 10.9 Å². The van der Waals surface area contributed by atoms with Gasteiger partial charge in [0.05, 0.1) is 18.3 Å². The summed E-state index contributed by atoms with van der Waals surface area (Å²) < 4.78 is 26.8. The molecule has 3 aromatic rings. The summed E-state index contributed by atoms with van der Waals surface area (Å²) >= 11 is 0. The Morgan fingerprint density at radius 2 is 1.81 bits per heavy atom. The van der Waals surface area contributed by atoms with Crippen LogP contribution in [0, 0.1) is 5.82 Å². The van der Waals surface area contributed by atoms with E-state index in [4.69, 9.17) is 9.47 Å². The van der Waals surface area contributed by atoms with E-state index >= 15 is 0 Å². The summed E-state index contributed by atoms with van der Waals surface area (Å²) in [6.07, 6.45) is 0. The quantitative estimate of drug-likeness (QED) is 0.725. The van der Waals surface area contributed by atoms with Gasteiger partial charge in [-0.15, -0.1) is 0 Å². The van der Waals surface area contributed by atoms with Crippen LogP contribution in [0.1, 0.15) is 5.69 Å². The van der Waals surface area contributed by atoms with E-state index in [0.29, 0.717) is 23.5 Å². The van der Waals surface area contributed by atoms with Crippen LogP contribution in [-0.2, 0) is 13.7 Å². The van der Waals surface area contributed by atoms with Crippen molar-refractivity contribution in [3.8, 4) is 11.5 Å². The van der Waals surface area contributed by atoms with Crippen LogP contribution >= 0.6 is 0 Å². The Morgan fingerprint density at radius 1 is 1.05 bits per heavy atom. The predicted octanol–water partition coefficient (Wildman–Crippen LogP) is 3.91. The molecule has 2 aromatic carbocycles. The number of benzene rings is 2. The van der Waals surface area contributed by atoms with Crippen molar-refractivity contribution in [3.05, 3.63) is 60.0 Å². The highest BCUT2D eigenvalue weighted by molar-refractivity contribution is 5.81. The Labute approximate surface area is 122 Å². The normalized spacial score (nSPS) is 10.8. The topological polar surface area (TPSA) is 23.4 Å². The molecule has 0 aliphatic rings. The van der Waals surface area contributed by atoms with Crippen LogP contribution in [0.3, 0.4) is 0 Å². The number of aromatic nitrogens is 1. The second kappa shape index (κ2) is 5.48. The summed E-state index contributed by atoms with van der Waals surface area (Å²) in [6, 6.07) is 14.4. The highest BCUT2D eigenvalue weighted by atomic mass is 19.1. The smallest absolute Gasteiger partial charge is 0.161 e. The van der Waals surface area contributed by atoms with Crippen LogP contribution in [0.2, 0.25) is 0 Å². The maximum absolute atomic E-state index is 13.8. The molecule has 3 rings (SSSR count). The van der Waals surface area contributed by atoms with Gasteiger partial charge in [0.25, 0.3) is 0 Å². The Morgan fingerprint density at radius 3 is 2.52 bits per heavy atom. The van der Waals surface area contributed by atoms with E-state index in [9.17, 15) is 4.39 Å². The number of fused-ring (bicyclic) bond motifs is 1. The first-order valence-corrected chi connectivity index (χ1v) is 6.69. The molecule has 0 radical (unpaired) electrons. The van der Waals surface area contributed by atoms with E-state index in [0.717, 1.165) is 11.2 Å². The van der Waals surface area contributed by atoms with Gasteiger partial charge < -0.3 is 14.0 Å². The maximum atomic E-state index is 13.8. The first kappa shape index (κ1) is 13.5. The third kappa shape index (κ3) is 2.44. The van der Waals surface area contributed by atoms with Crippen LogP contribution in [0.5, 0.6) is 11.5 Å². The number of para-hydroxylation sites is 2. The number of nitrogens with zero attached hydrogens (tertiary/aromatic N) is 1. The molecule has 0 unspecified atom stereocenters. The zero-order chi connectivity index (χ0) is 14.8. The van der Waals surface area contributed by atoms with Crippen molar-refractivity contribution in [1.29, 1.82) is 0 Å². The molecule has 0 aliphatic carbocycles. The minimum Gasteiger partial charge on any atom is -0.493 e. The number of aryl methyl sites for hydroxylation is 1. The van der Waals surface area contributed by atoms with Crippen molar-refractivity contribution in [1.82, 2.24) is 4.57 Å². The summed E-state index contributed by atoms with van der Waals surface area (Å²) in [5.41, 5.74) is 1.76. The molecule has 0 amide bonds. The summed E-state index contributed by atoms with van der Waals surface area (Å²) in [7, 11) is 3.51. The van der Waals surface area contributed by atoms with Crippen LogP contribution < -0.4 is 9.47 Å². The number of hydrogen-bond acceptors (Lipinski definition) is 2. The molecular weight excluding hydrogens is 269 g/mol. The molecule has 0 aliphatic heterocycles. The third-order valence-electron chi connectivity index (χ3n) is 3.58. The minimum absolute atomic E-state index is 0.216. The van der Waals surface area contributed by atoms with Gasteiger partial charge in [0, 0.05) is 12.4 Å². The van der Waals surface area contributed by atoms with E-state index in [1.165, 1.54) is 6.07 Å². The molecule has 108 valence electrons. The van der Waals surface area contributed by atoms with Crippen LogP contribution in [-0.4, -0.2) is 11.7 Å². The fourth-order valence-corrected chi connectivity index (χ4v) is 2.41. The monoisotopic (exact) mass is 285 g/mol. The Kier molecular flexibility index (Phi) is 3.52. The molecule has 0 atom stereocenters. The molecule has 1 heterocycles. The van der Waals surface area contributed by atoms with Crippen molar-refractivity contribution in [2.45, 2.75) is 6.61 Å². The molecule has 0 spiro atoms. The third-order valence-corrected chi connectivity index (χ3v) is 3.58. The largest absolute Gasteiger partial charge is 0.493 e. The fraction of sp³-hybridized carbons (Fsp3) is 0.176. The van der Waals surface area contributed by atoms with Gasteiger partial charge in [-0.2, -0.15) is 0 Å². The lowest BCUT2D eigenvalue weighted by Gasteiger charge is -2.10. The number of ether oxygens (including phenoxy) is 2. The number of halogens is 1. The Hall–Kier alpha value is -2.49. The Bertz CT molecular complexity index is 780. The number of rotatable bonds is 4. The van der Waals surface area contributed by atoms with E-state index < -0.39 is 0 Å². The molecule has 0 saturated carbocycles. The van der Waals surface area contributed by atoms with Crippen molar-refractivity contribution in [2.75, 3.05) is 7.11 Å². The van der Waals surface area contributed by atoms with Gasteiger partial charge >= 0.3 is 0 Å². The zero-order valence-electron chi connectivity index (χ0n) is 12.0. The lowest BCUT2D eigenvalue weighted by Crippen LogP contribution is -2.02. The molecule has 3 nitrogen and oxygen atoms in total. The van der Waals surface area contributed by atoms with Gasteiger partial charge in [0.15, 0.2) is 11.5 Å². The summed E-state index contributed by atoms with van der Waals surface area (Å²) in [4.78, 5) is 0. The molecule has 1 aromatic heterocycles. The summed E-state index contributed by atoms with van der Waals surface area (Å²) in [6.45, 7) is 0.352. The predicted molar refractivity (Wildman–Crippen MR) is 80.2 cm³/mol. The molecular formula is C17H16FNO2. The van der Waals surface area contributed by atoms with Gasteiger partial charge in [-0.25, -0.2) is 4.39 Å². The minimum atomic E-state index is -0.216. The van der Waals surface area contributed by atoms with Gasteiger partial charge in [-0.1, -0.05) is 18.2 Å². The second-order valence-corrected chi connectivity index (χ2v) is 4.81. The average Bonchev–Trinajstić information content (AvgIpc) is 2.84. The SMILES string of the molecule is COc1ccccc1OCc1cc2c(F)cccc2n1C. The first-order valence-electron chi connectivity index (χ1n) is 6.69. The van der Waals surface area contributed by atoms with Crippen molar-refractivity contribution in [2.24, 2.45) is 7.05 Å². The van der Waals surface area contributed by atoms with Crippen molar-refractivity contribution < 1.29 is 13.9 Å². The second-order valence-electron chi connectivity index (χ2n) is 4.81. The van der Waals surface area contributed by atoms with Crippen LogP contribution in [0.15, 0.2) is 48.5 Å². The Balaban J connectivity index is 1.89. The molecule has 0 saturated heterocycles. The van der Waals surface area contributed by atoms with E-state index in [1.807, 2.05) is 48.0 Å². The number of methoxy groups -OCH3 is 1.